The normalized spacial score (nSPS) is 34.6. The Morgan fingerprint density at radius 2 is 1.82 bits per heavy atom. The van der Waals surface area contributed by atoms with Crippen LogP contribution >= 0.6 is 11.6 Å². The van der Waals surface area contributed by atoms with E-state index in [2.05, 4.69) is 24.3 Å². The smallest absolute Gasteiger partial charge is 0.0668 e. The van der Waals surface area contributed by atoms with Crippen molar-refractivity contribution < 1.29 is 0 Å². The van der Waals surface area contributed by atoms with E-state index in [0.717, 1.165) is 17.0 Å². The maximum Gasteiger partial charge on any atom is 0.0668 e. The van der Waals surface area contributed by atoms with Crippen LogP contribution in [0.3, 0.4) is 0 Å². The van der Waals surface area contributed by atoms with Gasteiger partial charge >= 0.3 is 0 Å². The zero-order chi connectivity index (χ0) is 11.8. The highest BCUT2D eigenvalue weighted by Gasteiger charge is 2.42. The molecule has 0 aliphatic heterocycles. The van der Waals surface area contributed by atoms with Crippen molar-refractivity contribution >= 4 is 11.6 Å². The topological polar surface area (TPSA) is 23.8 Å². The van der Waals surface area contributed by atoms with E-state index >= 15 is 0 Å². The lowest BCUT2D eigenvalue weighted by Gasteiger charge is -2.42. The molecular formula is C15H14ClN. The molecule has 86 valence electrons. The van der Waals surface area contributed by atoms with Gasteiger partial charge in [-0.1, -0.05) is 42.0 Å². The number of hydrogen-bond acceptors (Lipinski definition) is 1. The Hall–Kier alpha value is -1.26. The van der Waals surface area contributed by atoms with Gasteiger partial charge in [0.1, 0.15) is 0 Å². The summed E-state index contributed by atoms with van der Waals surface area (Å²) >= 11 is 6.28. The Bertz CT molecular complexity index is 500. The lowest BCUT2D eigenvalue weighted by atomic mass is 9.61. The summed E-state index contributed by atoms with van der Waals surface area (Å²) in [6.07, 6.45) is 6.86. The van der Waals surface area contributed by atoms with Gasteiger partial charge in [-0.3, -0.25) is 0 Å². The Labute approximate surface area is 107 Å². The molecule has 4 unspecified atom stereocenters. The van der Waals surface area contributed by atoms with Crippen LogP contribution in [0.2, 0.25) is 5.02 Å². The molecule has 1 fully saturated rings. The summed E-state index contributed by atoms with van der Waals surface area (Å²) in [5.41, 5.74) is 1.15. The van der Waals surface area contributed by atoms with Gasteiger partial charge < -0.3 is 0 Å². The van der Waals surface area contributed by atoms with Crippen LogP contribution in [0.25, 0.3) is 0 Å². The molecule has 0 amide bonds. The molecule has 0 spiro atoms. The fourth-order valence-electron chi connectivity index (χ4n) is 3.34. The average molecular weight is 244 g/mol. The summed E-state index contributed by atoms with van der Waals surface area (Å²) in [7, 11) is 0. The number of benzene rings is 1. The Kier molecular flexibility index (Phi) is 2.68. The largest absolute Gasteiger partial charge is 0.198 e. The quantitative estimate of drug-likeness (QED) is 0.680. The molecule has 0 saturated heterocycles. The van der Waals surface area contributed by atoms with Crippen LogP contribution in [-0.2, 0) is 0 Å². The molecule has 3 aliphatic rings. The van der Waals surface area contributed by atoms with Gasteiger partial charge in [0.15, 0.2) is 0 Å². The van der Waals surface area contributed by atoms with Crippen LogP contribution in [0.4, 0.5) is 0 Å². The van der Waals surface area contributed by atoms with E-state index < -0.39 is 0 Å². The second kappa shape index (κ2) is 4.20. The van der Waals surface area contributed by atoms with Crippen LogP contribution in [0.5, 0.6) is 0 Å². The summed E-state index contributed by atoms with van der Waals surface area (Å²) in [6, 6.07) is 10.5. The number of nitriles is 1. The summed E-state index contributed by atoms with van der Waals surface area (Å²) in [5.74, 6) is 1.30. The Morgan fingerprint density at radius 1 is 1.12 bits per heavy atom. The zero-order valence-electron chi connectivity index (χ0n) is 9.51. The maximum atomic E-state index is 9.41. The van der Waals surface area contributed by atoms with Crippen molar-refractivity contribution in [1.82, 2.24) is 0 Å². The molecule has 0 aromatic heterocycles. The number of allylic oxidation sites excluding steroid dienone is 2. The van der Waals surface area contributed by atoms with Crippen LogP contribution in [0, 0.1) is 29.1 Å². The summed E-state index contributed by atoms with van der Waals surface area (Å²) in [6.45, 7) is 0. The van der Waals surface area contributed by atoms with E-state index in [-0.39, 0.29) is 11.8 Å². The van der Waals surface area contributed by atoms with Crippen molar-refractivity contribution in [2.24, 2.45) is 17.8 Å². The van der Waals surface area contributed by atoms with Gasteiger partial charge in [0.05, 0.1) is 12.0 Å². The average Bonchev–Trinajstić information content (AvgIpc) is 2.39. The third-order valence-electron chi connectivity index (χ3n) is 4.16. The first-order chi connectivity index (χ1) is 8.31. The van der Waals surface area contributed by atoms with E-state index in [4.69, 9.17) is 11.6 Å². The number of nitrogens with zero attached hydrogens (tertiary/aromatic N) is 1. The SMILES string of the molecule is N#CC1C2C=CC(CC2)C1c1ccccc1Cl. The van der Waals surface area contributed by atoms with Crippen molar-refractivity contribution in [3.05, 3.63) is 47.0 Å². The number of fused-ring (bicyclic) bond motifs is 2. The molecule has 1 aromatic rings. The van der Waals surface area contributed by atoms with Gasteiger partial charge in [-0.25, -0.2) is 0 Å². The van der Waals surface area contributed by atoms with Crippen molar-refractivity contribution in [2.45, 2.75) is 18.8 Å². The fourth-order valence-corrected chi connectivity index (χ4v) is 3.60. The second-order valence-corrected chi connectivity index (χ2v) is 5.40. The number of halogens is 1. The van der Waals surface area contributed by atoms with E-state index in [1.165, 1.54) is 6.42 Å². The molecule has 4 atom stereocenters. The van der Waals surface area contributed by atoms with E-state index in [0.29, 0.717) is 11.8 Å². The minimum Gasteiger partial charge on any atom is -0.198 e. The molecule has 4 rings (SSSR count). The highest BCUT2D eigenvalue weighted by molar-refractivity contribution is 6.31. The fraction of sp³-hybridized carbons (Fsp3) is 0.400. The van der Waals surface area contributed by atoms with Crippen LogP contribution in [-0.4, -0.2) is 0 Å². The Morgan fingerprint density at radius 3 is 2.47 bits per heavy atom. The van der Waals surface area contributed by atoms with E-state index in [1.54, 1.807) is 0 Å². The number of hydrogen-bond donors (Lipinski definition) is 0. The highest BCUT2D eigenvalue weighted by Crippen LogP contribution is 2.50. The lowest BCUT2D eigenvalue weighted by molar-refractivity contribution is 0.225. The molecule has 0 radical (unpaired) electrons. The van der Waals surface area contributed by atoms with Gasteiger partial charge in [0.2, 0.25) is 0 Å². The Balaban J connectivity index is 2.06. The molecule has 1 aromatic carbocycles. The zero-order valence-corrected chi connectivity index (χ0v) is 10.3. The van der Waals surface area contributed by atoms with Crippen LogP contribution < -0.4 is 0 Å². The van der Waals surface area contributed by atoms with E-state index in [9.17, 15) is 5.26 Å². The van der Waals surface area contributed by atoms with Crippen molar-refractivity contribution in [3.63, 3.8) is 0 Å². The minimum atomic E-state index is 0.0960. The molecule has 1 saturated carbocycles. The molecule has 2 heteroatoms. The van der Waals surface area contributed by atoms with E-state index in [1.807, 2.05) is 18.2 Å². The molecule has 3 aliphatic carbocycles. The monoisotopic (exact) mass is 243 g/mol. The van der Waals surface area contributed by atoms with Gasteiger partial charge in [0.25, 0.3) is 0 Å². The predicted octanol–water partition coefficient (Wildman–Crippen LogP) is 4.16. The molecule has 1 nitrogen and oxygen atoms in total. The first-order valence-electron chi connectivity index (χ1n) is 6.13. The summed E-state index contributed by atoms with van der Waals surface area (Å²) in [4.78, 5) is 0. The minimum absolute atomic E-state index is 0.0960. The molecule has 2 bridgehead atoms. The molecule has 17 heavy (non-hydrogen) atoms. The van der Waals surface area contributed by atoms with Gasteiger partial charge in [0, 0.05) is 10.9 Å². The van der Waals surface area contributed by atoms with Crippen molar-refractivity contribution in [2.75, 3.05) is 0 Å². The molecular weight excluding hydrogens is 230 g/mol. The lowest BCUT2D eigenvalue weighted by Crippen LogP contribution is -2.34. The maximum absolute atomic E-state index is 9.41. The summed E-state index contributed by atoms with van der Waals surface area (Å²) < 4.78 is 0. The second-order valence-electron chi connectivity index (χ2n) is 4.99. The molecule has 0 heterocycles. The number of rotatable bonds is 1. The first-order valence-corrected chi connectivity index (χ1v) is 6.51. The van der Waals surface area contributed by atoms with Crippen LogP contribution in [0.15, 0.2) is 36.4 Å². The standard InChI is InChI=1S/C15H14ClN/c16-14-4-2-1-3-12(14)15-11-7-5-10(6-8-11)13(15)9-17/h1-5,7,10-11,13,15H,6,8H2. The van der Waals surface area contributed by atoms with Gasteiger partial charge in [-0.2, -0.15) is 5.26 Å². The third kappa shape index (κ3) is 1.68. The van der Waals surface area contributed by atoms with Crippen LogP contribution in [0.1, 0.15) is 24.3 Å². The first kappa shape index (κ1) is 10.9. The predicted molar refractivity (Wildman–Crippen MR) is 68.7 cm³/mol. The highest BCUT2D eigenvalue weighted by atomic mass is 35.5. The summed E-state index contributed by atoms with van der Waals surface area (Å²) in [5, 5.41) is 10.2. The van der Waals surface area contributed by atoms with Crippen molar-refractivity contribution in [3.8, 4) is 6.07 Å². The van der Waals surface area contributed by atoms with Gasteiger partial charge in [-0.05, 0) is 36.3 Å². The van der Waals surface area contributed by atoms with Crippen molar-refractivity contribution in [1.29, 1.82) is 5.26 Å². The third-order valence-corrected chi connectivity index (χ3v) is 4.51. The van der Waals surface area contributed by atoms with Gasteiger partial charge in [-0.15, -0.1) is 0 Å². The molecule has 0 N–H and O–H groups in total.